The fourth-order valence-corrected chi connectivity index (χ4v) is 6.10. The molecule has 0 radical (unpaired) electrons. The van der Waals surface area contributed by atoms with Gasteiger partial charge in [0.15, 0.2) is 0 Å². The van der Waals surface area contributed by atoms with Gasteiger partial charge in [-0.1, -0.05) is 18.9 Å². The van der Waals surface area contributed by atoms with Crippen molar-refractivity contribution in [2.45, 2.75) is 49.8 Å². The lowest BCUT2D eigenvalue weighted by atomic mass is 10.0. The maximum Gasteiger partial charge on any atom is 0.406 e. The van der Waals surface area contributed by atoms with Gasteiger partial charge in [-0.05, 0) is 49.1 Å². The van der Waals surface area contributed by atoms with Gasteiger partial charge in [0.1, 0.15) is 12.3 Å². The van der Waals surface area contributed by atoms with Crippen LogP contribution in [0.3, 0.4) is 0 Å². The number of amides is 1. The summed E-state index contributed by atoms with van der Waals surface area (Å²) in [6.45, 7) is 2.17. The molecule has 1 amide bonds. The molecule has 1 aliphatic heterocycles. The summed E-state index contributed by atoms with van der Waals surface area (Å²) >= 11 is 0. The number of rotatable bonds is 10. The van der Waals surface area contributed by atoms with Gasteiger partial charge in [-0.15, -0.1) is 0 Å². The van der Waals surface area contributed by atoms with E-state index in [9.17, 15) is 26.4 Å². The maximum absolute atomic E-state index is 13.6. The lowest BCUT2D eigenvalue weighted by Crippen LogP contribution is -2.45. The Morgan fingerprint density at radius 1 is 1.11 bits per heavy atom. The zero-order valence-corrected chi connectivity index (χ0v) is 25.9. The highest BCUT2D eigenvalue weighted by atomic mass is 32.2. The van der Waals surface area contributed by atoms with Gasteiger partial charge in [0.2, 0.25) is 5.91 Å². The number of carbonyl (C=O) groups excluding carboxylic acids is 1. The first-order valence-corrected chi connectivity index (χ1v) is 15.6. The predicted octanol–water partition coefficient (Wildman–Crippen LogP) is 4.24. The lowest BCUT2D eigenvalue weighted by Gasteiger charge is -2.36. The van der Waals surface area contributed by atoms with Crippen molar-refractivity contribution in [2.24, 2.45) is 0 Å². The molecule has 3 aromatic rings. The average molecular weight is 635 g/mol. The predicted molar refractivity (Wildman–Crippen MR) is 164 cm³/mol. The largest absolute Gasteiger partial charge is 0.495 e. The van der Waals surface area contributed by atoms with Crippen LogP contribution in [-0.2, 0) is 21.4 Å². The van der Waals surface area contributed by atoms with Crippen LogP contribution in [0.25, 0.3) is 10.9 Å². The van der Waals surface area contributed by atoms with Crippen LogP contribution in [-0.4, -0.2) is 82.0 Å². The third-order valence-electron chi connectivity index (χ3n) is 7.32. The molecule has 10 nitrogen and oxygen atoms in total. The topological polar surface area (TPSA) is 108 Å². The number of halogens is 3. The van der Waals surface area contributed by atoms with Crippen molar-refractivity contribution in [2.75, 3.05) is 51.5 Å². The first kappa shape index (κ1) is 33.0. The number of piperidine rings is 1. The smallest absolute Gasteiger partial charge is 0.406 e. The van der Waals surface area contributed by atoms with Crippen LogP contribution in [0, 0.1) is 11.8 Å². The monoisotopic (exact) mass is 634 g/mol. The van der Waals surface area contributed by atoms with E-state index in [-0.39, 0.29) is 35.3 Å². The Hall–Kier alpha value is -3.93. The summed E-state index contributed by atoms with van der Waals surface area (Å²) in [4.78, 5) is 11.4. The Kier molecular flexibility index (Phi) is 10.3. The van der Waals surface area contributed by atoms with Gasteiger partial charge in [-0.2, -0.15) is 13.2 Å². The van der Waals surface area contributed by atoms with Crippen LogP contribution in [0.2, 0.25) is 0 Å². The SMILES string of the molecule is CCC(=O)NS(=O)(=O)c1ccc(NCC#Cc2cc3c(NC4CCN(N(C)C)CC4)cccc3n2CC(F)(F)F)c(OC)c1. The number of methoxy groups -OCH3 is 1. The van der Waals surface area contributed by atoms with Crippen LogP contribution in [0.1, 0.15) is 31.9 Å². The second-order valence-corrected chi connectivity index (χ2v) is 12.3. The van der Waals surface area contributed by atoms with Crippen LogP contribution < -0.4 is 20.1 Å². The Morgan fingerprint density at radius 2 is 1.84 bits per heavy atom. The minimum absolute atomic E-state index is 0.00480. The first-order chi connectivity index (χ1) is 20.8. The van der Waals surface area contributed by atoms with Gasteiger partial charge in [0.25, 0.3) is 10.0 Å². The number of aromatic nitrogens is 1. The molecular weight excluding hydrogens is 597 g/mol. The number of hydrogen-bond acceptors (Lipinski definition) is 8. The van der Waals surface area contributed by atoms with E-state index in [4.69, 9.17) is 4.74 Å². The molecule has 238 valence electrons. The zero-order valence-electron chi connectivity index (χ0n) is 25.1. The van der Waals surface area contributed by atoms with Crippen LogP contribution in [0.4, 0.5) is 24.5 Å². The molecule has 0 bridgehead atoms. The minimum Gasteiger partial charge on any atom is -0.495 e. The molecule has 4 rings (SSSR count). The number of benzene rings is 2. The molecule has 1 fully saturated rings. The van der Waals surface area contributed by atoms with Crippen molar-refractivity contribution < 1.29 is 31.1 Å². The fraction of sp³-hybridized carbons (Fsp3) is 0.433. The summed E-state index contributed by atoms with van der Waals surface area (Å²) in [5, 5.41) is 11.5. The molecule has 0 unspecified atom stereocenters. The highest BCUT2D eigenvalue weighted by molar-refractivity contribution is 7.90. The van der Waals surface area contributed by atoms with Crippen molar-refractivity contribution >= 4 is 38.2 Å². The van der Waals surface area contributed by atoms with E-state index >= 15 is 0 Å². The first-order valence-electron chi connectivity index (χ1n) is 14.2. The number of carbonyl (C=O) groups is 1. The van der Waals surface area contributed by atoms with Crippen LogP contribution in [0.15, 0.2) is 47.4 Å². The number of fused-ring (bicyclic) bond motifs is 1. The Balaban J connectivity index is 1.55. The summed E-state index contributed by atoms with van der Waals surface area (Å²) < 4.78 is 74.2. The molecular formula is C30H37F3N6O4S. The van der Waals surface area contributed by atoms with E-state index in [0.717, 1.165) is 31.6 Å². The van der Waals surface area contributed by atoms with E-state index in [1.165, 1.54) is 36.8 Å². The van der Waals surface area contributed by atoms with Crippen molar-refractivity contribution in [1.29, 1.82) is 0 Å². The maximum atomic E-state index is 13.6. The summed E-state index contributed by atoms with van der Waals surface area (Å²) in [7, 11) is 1.30. The van der Waals surface area contributed by atoms with E-state index in [0.29, 0.717) is 16.6 Å². The molecule has 14 heteroatoms. The number of sulfonamides is 1. The van der Waals surface area contributed by atoms with Crippen molar-refractivity contribution in [3.63, 3.8) is 0 Å². The molecule has 1 aromatic heterocycles. The normalized spacial score (nSPS) is 14.7. The standard InChI is InChI=1S/C30H37F3N6O4S/c1-5-29(40)36-44(41,42)23-11-12-26(28(19-23)43-4)34-15-7-8-22-18-24-25(35-21-13-16-38(17-14-21)37(2)3)9-6-10-27(24)39(22)20-30(31,32)33/h6,9-12,18-19,21,34-35H,5,13-17,20H2,1-4H3,(H,36,40). The zero-order chi connectivity index (χ0) is 32.1. The Labute approximate surface area is 255 Å². The summed E-state index contributed by atoms with van der Waals surface area (Å²) in [6.07, 6.45) is -2.64. The van der Waals surface area contributed by atoms with Gasteiger partial charge in [-0.3, -0.25) is 4.79 Å². The Morgan fingerprint density at radius 3 is 2.48 bits per heavy atom. The quantitative estimate of drug-likeness (QED) is 0.285. The number of anilines is 2. The second-order valence-electron chi connectivity index (χ2n) is 10.6. The fourth-order valence-electron chi connectivity index (χ4n) is 5.03. The van der Waals surface area contributed by atoms with Gasteiger partial charge in [0.05, 0.1) is 35.4 Å². The molecule has 1 aliphatic rings. The van der Waals surface area contributed by atoms with E-state index in [2.05, 4.69) is 32.5 Å². The molecule has 2 heterocycles. The van der Waals surface area contributed by atoms with E-state index in [1.54, 1.807) is 18.2 Å². The van der Waals surface area contributed by atoms with Gasteiger partial charge >= 0.3 is 6.18 Å². The number of nitrogens with zero attached hydrogens (tertiary/aromatic N) is 3. The second kappa shape index (κ2) is 13.8. The number of hydrazine groups is 1. The number of alkyl halides is 3. The third kappa shape index (κ3) is 8.16. The van der Waals surface area contributed by atoms with Crippen LogP contribution >= 0.6 is 0 Å². The van der Waals surface area contributed by atoms with Crippen molar-refractivity contribution in [3.05, 3.63) is 48.2 Å². The van der Waals surface area contributed by atoms with Crippen molar-refractivity contribution in [1.82, 2.24) is 19.3 Å². The minimum atomic E-state index is -4.45. The lowest BCUT2D eigenvalue weighted by molar-refractivity contribution is -0.140. The third-order valence-corrected chi connectivity index (χ3v) is 8.69. The molecule has 0 saturated carbocycles. The van der Waals surface area contributed by atoms with Gasteiger partial charge < -0.3 is 19.9 Å². The Bertz CT molecular complexity index is 1650. The van der Waals surface area contributed by atoms with Gasteiger partial charge in [0, 0.05) is 56.8 Å². The van der Waals surface area contributed by atoms with E-state index in [1.807, 2.05) is 24.9 Å². The van der Waals surface area contributed by atoms with E-state index < -0.39 is 28.7 Å². The number of hydrogen-bond donors (Lipinski definition) is 3. The molecule has 0 spiro atoms. The number of nitrogens with one attached hydrogen (secondary N) is 3. The summed E-state index contributed by atoms with van der Waals surface area (Å²) in [5.74, 6) is 5.30. The van der Waals surface area contributed by atoms with Crippen molar-refractivity contribution in [3.8, 4) is 17.6 Å². The molecule has 2 aromatic carbocycles. The highest BCUT2D eigenvalue weighted by Crippen LogP contribution is 2.32. The number of ether oxygens (including phenoxy) is 1. The molecule has 44 heavy (non-hydrogen) atoms. The van der Waals surface area contributed by atoms with Gasteiger partial charge in [-0.25, -0.2) is 23.2 Å². The summed E-state index contributed by atoms with van der Waals surface area (Å²) in [5.41, 5.74) is 1.84. The average Bonchev–Trinajstić information content (AvgIpc) is 3.31. The molecule has 0 aliphatic carbocycles. The highest BCUT2D eigenvalue weighted by Gasteiger charge is 2.30. The molecule has 0 atom stereocenters. The summed E-state index contributed by atoms with van der Waals surface area (Å²) in [6, 6.07) is 11.2. The molecule has 1 saturated heterocycles. The molecule has 3 N–H and O–H groups in total. The van der Waals surface area contributed by atoms with Crippen LogP contribution in [0.5, 0.6) is 5.75 Å².